The Bertz CT molecular complexity index is 405. The van der Waals surface area contributed by atoms with Crippen LogP contribution in [0.15, 0.2) is 29.4 Å². The fraction of sp³-hybridized carbons (Fsp3) is 0.462. The summed E-state index contributed by atoms with van der Waals surface area (Å²) < 4.78 is 0. The van der Waals surface area contributed by atoms with E-state index in [0.29, 0.717) is 5.96 Å². The molecule has 0 bridgehead atoms. The smallest absolute Gasteiger partial charge is 0.197 e. The molecule has 0 aliphatic carbocycles. The van der Waals surface area contributed by atoms with Gasteiger partial charge in [0.05, 0.1) is 0 Å². The molecule has 0 atom stereocenters. The number of aryl methyl sites for hydroxylation is 1. The van der Waals surface area contributed by atoms with E-state index < -0.39 is 0 Å². The molecule has 19 heavy (non-hydrogen) atoms. The maximum absolute atomic E-state index is 5.45. The number of hydrogen-bond acceptors (Lipinski definition) is 3. The van der Waals surface area contributed by atoms with E-state index in [0.717, 1.165) is 38.0 Å². The molecule has 0 amide bonds. The van der Waals surface area contributed by atoms with Gasteiger partial charge in [-0.3, -0.25) is 9.98 Å². The second kappa shape index (κ2) is 9.27. The van der Waals surface area contributed by atoms with Gasteiger partial charge in [-0.15, -0.1) is 0 Å². The van der Waals surface area contributed by atoms with Crippen molar-refractivity contribution in [3.8, 4) is 0 Å². The third-order valence-corrected chi connectivity index (χ3v) is 2.47. The first kappa shape index (κ1) is 15.4. The Morgan fingerprint density at radius 3 is 2.95 bits per heavy atom. The third kappa shape index (κ3) is 7.35. The zero-order chi connectivity index (χ0) is 13.9. The summed E-state index contributed by atoms with van der Waals surface area (Å²) in [5.74, 6) is 0.648. The monoisotopic (exact) mass is 279 g/mol. The summed E-state index contributed by atoms with van der Waals surface area (Å²) in [5, 5.41) is 6.27. The number of nitrogens with one attached hydrogen (secondary N) is 2. The molecule has 0 fully saturated rings. The van der Waals surface area contributed by atoms with E-state index >= 15 is 0 Å². The molecule has 1 rings (SSSR count). The summed E-state index contributed by atoms with van der Waals surface area (Å²) in [5.41, 5.74) is 6.55. The summed E-state index contributed by atoms with van der Waals surface area (Å²) in [6, 6.07) is 5.95. The highest BCUT2D eigenvalue weighted by molar-refractivity contribution is 7.80. The van der Waals surface area contributed by atoms with Crippen LogP contribution in [0.4, 0.5) is 0 Å². The van der Waals surface area contributed by atoms with Crippen molar-refractivity contribution in [1.29, 1.82) is 0 Å². The van der Waals surface area contributed by atoms with Crippen LogP contribution in [0.2, 0.25) is 0 Å². The molecular weight excluding hydrogens is 258 g/mol. The molecule has 104 valence electrons. The SMILES string of the molecule is CCCN=C(NCCCc1ccccn1)NC(N)=S. The molecule has 0 radical (unpaired) electrons. The van der Waals surface area contributed by atoms with Gasteiger partial charge in [-0.25, -0.2) is 0 Å². The first-order valence-electron chi connectivity index (χ1n) is 6.47. The molecule has 1 aromatic rings. The van der Waals surface area contributed by atoms with Crippen LogP contribution in [-0.4, -0.2) is 29.1 Å². The molecule has 5 nitrogen and oxygen atoms in total. The van der Waals surface area contributed by atoms with E-state index in [9.17, 15) is 0 Å². The van der Waals surface area contributed by atoms with Crippen molar-refractivity contribution in [2.45, 2.75) is 26.2 Å². The molecule has 4 N–H and O–H groups in total. The average molecular weight is 279 g/mol. The van der Waals surface area contributed by atoms with Crippen molar-refractivity contribution >= 4 is 23.3 Å². The van der Waals surface area contributed by atoms with Crippen molar-refractivity contribution in [2.75, 3.05) is 13.1 Å². The molecule has 0 saturated carbocycles. The predicted octanol–water partition coefficient (Wildman–Crippen LogP) is 1.20. The Labute approximate surface area is 119 Å². The van der Waals surface area contributed by atoms with Crippen molar-refractivity contribution in [1.82, 2.24) is 15.6 Å². The van der Waals surface area contributed by atoms with Crippen molar-refractivity contribution in [3.63, 3.8) is 0 Å². The Balaban J connectivity index is 2.29. The summed E-state index contributed by atoms with van der Waals surface area (Å²) in [6.45, 7) is 3.62. The highest BCUT2D eigenvalue weighted by Crippen LogP contribution is 1.97. The van der Waals surface area contributed by atoms with Gasteiger partial charge in [-0.05, 0) is 43.6 Å². The van der Waals surface area contributed by atoms with Crippen molar-refractivity contribution < 1.29 is 0 Å². The lowest BCUT2D eigenvalue weighted by atomic mass is 10.2. The van der Waals surface area contributed by atoms with Gasteiger partial charge in [-0.1, -0.05) is 13.0 Å². The minimum Gasteiger partial charge on any atom is -0.376 e. The number of rotatable bonds is 6. The van der Waals surface area contributed by atoms with E-state index in [1.807, 2.05) is 24.4 Å². The second-order valence-electron chi connectivity index (χ2n) is 4.07. The number of nitrogens with two attached hydrogens (primary N) is 1. The number of guanidine groups is 1. The Morgan fingerprint density at radius 2 is 2.32 bits per heavy atom. The number of aliphatic imine (C=N–C) groups is 1. The second-order valence-corrected chi connectivity index (χ2v) is 4.51. The van der Waals surface area contributed by atoms with E-state index in [1.165, 1.54) is 0 Å². The number of hydrogen-bond donors (Lipinski definition) is 3. The Morgan fingerprint density at radius 1 is 1.47 bits per heavy atom. The first-order valence-corrected chi connectivity index (χ1v) is 6.88. The average Bonchev–Trinajstić information content (AvgIpc) is 2.41. The molecule has 0 saturated heterocycles. The van der Waals surface area contributed by atoms with E-state index in [2.05, 4.69) is 27.5 Å². The van der Waals surface area contributed by atoms with Gasteiger partial charge < -0.3 is 16.4 Å². The van der Waals surface area contributed by atoms with Crippen LogP contribution in [0.1, 0.15) is 25.5 Å². The molecule has 0 unspecified atom stereocenters. The van der Waals surface area contributed by atoms with Gasteiger partial charge in [0.2, 0.25) is 0 Å². The maximum Gasteiger partial charge on any atom is 0.197 e. The number of aromatic nitrogens is 1. The highest BCUT2D eigenvalue weighted by Gasteiger charge is 1.99. The van der Waals surface area contributed by atoms with Crippen LogP contribution in [-0.2, 0) is 6.42 Å². The number of nitrogens with zero attached hydrogens (tertiary/aromatic N) is 2. The third-order valence-electron chi connectivity index (χ3n) is 2.36. The zero-order valence-electron chi connectivity index (χ0n) is 11.2. The van der Waals surface area contributed by atoms with Crippen LogP contribution in [0.3, 0.4) is 0 Å². The van der Waals surface area contributed by atoms with Crippen LogP contribution in [0, 0.1) is 0 Å². The standard InChI is InChI=1S/C13H21N5S/c1-2-8-16-13(18-12(14)19)17-10-5-7-11-6-3-4-9-15-11/h3-4,6,9H,2,5,7-8,10H2,1H3,(H4,14,16,17,18,19). The fourth-order valence-corrected chi connectivity index (χ4v) is 1.60. The van der Waals surface area contributed by atoms with Gasteiger partial charge in [0.15, 0.2) is 11.1 Å². The molecule has 6 heteroatoms. The molecule has 0 aliphatic heterocycles. The van der Waals surface area contributed by atoms with Gasteiger partial charge in [0.1, 0.15) is 0 Å². The molecule has 1 aromatic heterocycles. The van der Waals surface area contributed by atoms with Crippen LogP contribution in [0.5, 0.6) is 0 Å². The summed E-state index contributed by atoms with van der Waals surface area (Å²) >= 11 is 4.81. The number of pyridine rings is 1. The topological polar surface area (TPSA) is 75.3 Å². The molecular formula is C13H21N5S. The van der Waals surface area contributed by atoms with Gasteiger partial charge in [0, 0.05) is 25.0 Å². The lowest BCUT2D eigenvalue weighted by Gasteiger charge is -2.10. The Hall–Kier alpha value is -1.69. The quantitative estimate of drug-likeness (QED) is 0.316. The fourth-order valence-electron chi connectivity index (χ4n) is 1.50. The molecule has 0 aliphatic rings. The minimum atomic E-state index is 0.229. The summed E-state index contributed by atoms with van der Waals surface area (Å²) in [7, 11) is 0. The van der Waals surface area contributed by atoms with E-state index in [4.69, 9.17) is 18.0 Å². The zero-order valence-corrected chi connectivity index (χ0v) is 12.0. The predicted molar refractivity (Wildman–Crippen MR) is 83.1 cm³/mol. The van der Waals surface area contributed by atoms with Crippen LogP contribution < -0.4 is 16.4 Å². The van der Waals surface area contributed by atoms with E-state index in [1.54, 1.807) is 0 Å². The number of thiocarbonyl (C=S) groups is 1. The summed E-state index contributed by atoms with van der Waals surface area (Å²) in [6.07, 6.45) is 4.70. The van der Waals surface area contributed by atoms with Crippen molar-refractivity contribution in [3.05, 3.63) is 30.1 Å². The van der Waals surface area contributed by atoms with Gasteiger partial charge in [0.25, 0.3) is 0 Å². The van der Waals surface area contributed by atoms with E-state index in [-0.39, 0.29) is 5.11 Å². The highest BCUT2D eigenvalue weighted by atomic mass is 32.1. The minimum absolute atomic E-state index is 0.229. The maximum atomic E-state index is 5.45. The van der Waals surface area contributed by atoms with Gasteiger partial charge >= 0.3 is 0 Å². The molecule has 0 aromatic carbocycles. The largest absolute Gasteiger partial charge is 0.376 e. The van der Waals surface area contributed by atoms with Crippen LogP contribution >= 0.6 is 12.2 Å². The molecule has 1 heterocycles. The Kier molecular flexibility index (Phi) is 7.50. The van der Waals surface area contributed by atoms with Gasteiger partial charge in [-0.2, -0.15) is 0 Å². The lowest BCUT2D eigenvalue weighted by Crippen LogP contribution is -2.44. The van der Waals surface area contributed by atoms with Crippen molar-refractivity contribution in [2.24, 2.45) is 10.7 Å². The van der Waals surface area contributed by atoms with Crippen LogP contribution in [0.25, 0.3) is 0 Å². The first-order chi connectivity index (χ1) is 9.22. The summed E-state index contributed by atoms with van der Waals surface area (Å²) in [4.78, 5) is 8.62. The lowest BCUT2D eigenvalue weighted by molar-refractivity contribution is 0.746. The normalized spacial score (nSPS) is 11.1. The molecule has 0 spiro atoms.